The second-order valence-electron chi connectivity index (χ2n) is 5.11. The van der Waals surface area contributed by atoms with Crippen molar-refractivity contribution in [3.05, 3.63) is 23.8 Å². The van der Waals surface area contributed by atoms with E-state index in [0.717, 1.165) is 42.9 Å². The molecular formula is C16H23NO3. The molecule has 0 N–H and O–H groups in total. The van der Waals surface area contributed by atoms with E-state index in [1.165, 1.54) is 0 Å². The molecule has 4 nitrogen and oxygen atoms in total. The molecule has 1 atom stereocenters. The van der Waals surface area contributed by atoms with E-state index in [4.69, 9.17) is 9.47 Å². The number of rotatable bonds is 5. The van der Waals surface area contributed by atoms with Crippen LogP contribution in [0.1, 0.15) is 44.2 Å². The number of nitrogens with zero attached hydrogens (tertiary/aromatic N) is 1. The van der Waals surface area contributed by atoms with Crippen LogP contribution in [-0.4, -0.2) is 31.6 Å². The summed E-state index contributed by atoms with van der Waals surface area (Å²) in [6, 6.07) is 6.11. The van der Waals surface area contributed by atoms with Crippen LogP contribution >= 0.6 is 0 Å². The van der Waals surface area contributed by atoms with E-state index in [2.05, 4.69) is 0 Å². The van der Waals surface area contributed by atoms with E-state index in [-0.39, 0.29) is 11.9 Å². The molecule has 0 bridgehead atoms. The summed E-state index contributed by atoms with van der Waals surface area (Å²) < 4.78 is 10.6. The molecule has 1 aliphatic rings. The lowest BCUT2D eigenvalue weighted by molar-refractivity contribution is -0.132. The number of carbonyl (C=O) groups is 1. The Hall–Kier alpha value is -1.71. The fraction of sp³-hybridized carbons (Fsp3) is 0.562. The van der Waals surface area contributed by atoms with Gasteiger partial charge in [-0.25, -0.2) is 0 Å². The van der Waals surface area contributed by atoms with Gasteiger partial charge in [-0.2, -0.15) is 0 Å². The minimum absolute atomic E-state index is 0.175. The number of methoxy groups -OCH3 is 2. The van der Waals surface area contributed by atoms with Gasteiger partial charge in [-0.1, -0.05) is 13.0 Å². The Morgan fingerprint density at radius 3 is 2.70 bits per heavy atom. The predicted octanol–water partition coefficient (Wildman–Crippen LogP) is 3.17. The lowest BCUT2D eigenvalue weighted by Crippen LogP contribution is -2.30. The van der Waals surface area contributed by atoms with Gasteiger partial charge in [0, 0.05) is 13.0 Å². The van der Waals surface area contributed by atoms with Gasteiger partial charge in [0.25, 0.3) is 0 Å². The molecule has 0 aliphatic carbocycles. The highest BCUT2D eigenvalue weighted by atomic mass is 16.5. The molecule has 1 aliphatic heterocycles. The standard InChI is InChI=1S/C16H23NO3/c1-4-6-16(18)17-10-5-7-13(17)12-8-9-14(19-2)15(11-12)20-3/h8-9,11,13H,4-7,10H2,1-3H3/t13-/m1/s1. The lowest BCUT2D eigenvalue weighted by Gasteiger charge is -2.25. The van der Waals surface area contributed by atoms with Crippen LogP contribution in [0.15, 0.2) is 18.2 Å². The van der Waals surface area contributed by atoms with Gasteiger partial charge >= 0.3 is 0 Å². The predicted molar refractivity (Wildman–Crippen MR) is 78.1 cm³/mol. The number of carbonyl (C=O) groups excluding carboxylic acids is 1. The first kappa shape index (κ1) is 14.7. The first-order chi connectivity index (χ1) is 9.71. The molecule has 0 saturated carbocycles. The highest BCUT2D eigenvalue weighted by molar-refractivity contribution is 5.77. The van der Waals surface area contributed by atoms with Crippen molar-refractivity contribution in [2.24, 2.45) is 0 Å². The second kappa shape index (κ2) is 6.64. The van der Waals surface area contributed by atoms with E-state index in [1.54, 1.807) is 14.2 Å². The molecule has 110 valence electrons. The maximum absolute atomic E-state index is 12.2. The smallest absolute Gasteiger partial charge is 0.223 e. The normalized spacial score (nSPS) is 18.1. The van der Waals surface area contributed by atoms with E-state index >= 15 is 0 Å². The molecule has 0 unspecified atom stereocenters. The number of hydrogen-bond donors (Lipinski definition) is 0. The Morgan fingerprint density at radius 2 is 2.05 bits per heavy atom. The van der Waals surface area contributed by atoms with Crippen LogP contribution < -0.4 is 9.47 Å². The molecule has 1 fully saturated rings. The van der Waals surface area contributed by atoms with Gasteiger partial charge in [0.15, 0.2) is 11.5 Å². The first-order valence-corrected chi connectivity index (χ1v) is 7.22. The minimum atomic E-state index is 0.175. The Kier molecular flexibility index (Phi) is 4.88. The molecule has 1 amide bonds. The van der Waals surface area contributed by atoms with Gasteiger partial charge < -0.3 is 14.4 Å². The van der Waals surface area contributed by atoms with Crippen LogP contribution in [0.25, 0.3) is 0 Å². The summed E-state index contributed by atoms with van der Waals surface area (Å²) in [6.07, 6.45) is 3.61. The largest absolute Gasteiger partial charge is 0.493 e. The summed E-state index contributed by atoms with van der Waals surface area (Å²) in [5, 5.41) is 0. The Bertz CT molecular complexity index is 473. The zero-order valence-electron chi connectivity index (χ0n) is 12.5. The molecule has 2 rings (SSSR count). The van der Waals surface area contributed by atoms with E-state index < -0.39 is 0 Å². The molecule has 20 heavy (non-hydrogen) atoms. The van der Waals surface area contributed by atoms with Crippen molar-refractivity contribution in [1.82, 2.24) is 4.90 Å². The maximum atomic E-state index is 12.2. The van der Waals surface area contributed by atoms with E-state index in [9.17, 15) is 4.79 Å². The van der Waals surface area contributed by atoms with Gasteiger partial charge in [0.05, 0.1) is 20.3 Å². The van der Waals surface area contributed by atoms with Gasteiger partial charge in [-0.15, -0.1) is 0 Å². The highest BCUT2D eigenvalue weighted by Crippen LogP contribution is 2.37. The van der Waals surface area contributed by atoms with Crippen molar-refractivity contribution in [2.45, 2.75) is 38.6 Å². The van der Waals surface area contributed by atoms with Crippen molar-refractivity contribution >= 4 is 5.91 Å². The summed E-state index contributed by atoms with van der Waals surface area (Å²) in [5.74, 6) is 1.70. The van der Waals surface area contributed by atoms with Gasteiger partial charge in [-0.3, -0.25) is 4.79 Å². The van der Waals surface area contributed by atoms with Crippen LogP contribution in [0.3, 0.4) is 0 Å². The number of likely N-dealkylation sites (tertiary alicyclic amines) is 1. The number of amides is 1. The highest BCUT2D eigenvalue weighted by Gasteiger charge is 2.29. The van der Waals surface area contributed by atoms with Crippen molar-refractivity contribution in [1.29, 1.82) is 0 Å². The van der Waals surface area contributed by atoms with Crippen molar-refractivity contribution in [2.75, 3.05) is 20.8 Å². The average molecular weight is 277 g/mol. The Morgan fingerprint density at radius 1 is 1.30 bits per heavy atom. The lowest BCUT2D eigenvalue weighted by atomic mass is 10.0. The SMILES string of the molecule is CCCC(=O)N1CCC[C@@H]1c1ccc(OC)c(OC)c1. The van der Waals surface area contributed by atoms with Gasteiger partial charge in [-0.05, 0) is 37.0 Å². The van der Waals surface area contributed by atoms with Gasteiger partial charge in [0.1, 0.15) is 0 Å². The topological polar surface area (TPSA) is 38.8 Å². The molecule has 1 aromatic carbocycles. The quantitative estimate of drug-likeness (QED) is 0.829. The summed E-state index contributed by atoms with van der Waals surface area (Å²) >= 11 is 0. The monoisotopic (exact) mass is 277 g/mol. The van der Waals surface area contributed by atoms with Crippen LogP contribution in [-0.2, 0) is 4.79 Å². The molecular weight excluding hydrogens is 254 g/mol. The third kappa shape index (κ3) is 2.89. The third-order valence-corrected chi connectivity index (χ3v) is 3.83. The number of ether oxygens (including phenoxy) is 2. The Labute approximate surface area is 120 Å². The Balaban J connectivity index is 2.23. The first-order valence-electron chi connectivity index (χ1n) is 7.22. The van der Waals surface area contributed by atoms with E-state index in [1.807, 2.05) is 30.0 Å². The fourth-order valence-electron chi connectivity index (χ4n) is 2.83. The van der Waals surface area contributed by atoms with Crippen molar-refractivity contribution in [3.8, 4) is 11.5 Å². The summed E-state index contributed by atoms with van der Waals surface area (Å²) in [5.41, 5.74) is 1.13. The zero-order chi connectivity index (χ0) is 14.5. The molecule has 0 radical (unpaired) electrons. The zero-order valence-corrected chi connectivity index (χ0v) is 12.5. The number of hydrogen-bond acceptors (Lipinski definition) is 3. The molecule has 1 saturated heterocycles. The van der Waals surface area contributed by atoms with Crippen LogP contribution in [0.5, 0.6) is 11.5 Å². The molecule has 0 spiro atoms. The molecule has 0 aromatic heterocycles. The second-order valence-corrected chi connectivity index (χ2v) is 5.11. The van der Waals surface area contributed by atoms with Crippen LogP contribution in [0.2, 0.25) is 0 Å². The summed E-state index contributed by atoms with van der Waals surface area (Å²) in [4.78, 5) is 14.2. The van der Waals surface area contributed by atoms with E-state index in [0.29, 0.717) is 6.42 Å². The molecule has 1 aromatic rings. The van der Waals surface area contributed by atoms with Crippen LogP contribution in [0.4, 0.5) is 0 Å². The summed E-state index contributed by atoms with van der Waals surface area (Å²) in [7, 11) is 3.26. The molecule has 4 heteroatoms. The fourth-order valence-corrected chi connectivity index (χ4v) is 2.83. The number of benzene rings is 1. The van der Waals surface area contributed by atoms with Crippen LogP contribution in [0, 0.1) is 0 Å². The van der Waals surface area contributed by atoms with Crippen molar-refractivity contribution < 1.29 is 14.3 Å². The minimum Gasteiger partial charge on any atom is -0.493 e. The summed E-state index contributed by atoms with van der Waals surface area (Å²) in [6.45, 7) is 2.90. The van der Waals surface area contributed by atoms with Crippen molar-refractivity contribution in [3.63, 3.8) is 0 Å². The maximum Gasteiger partial charge on any atom is 0.223 e. The molecule has 1 heterocycles. The third-order valence-electron chi connectivity index (χ3n) is 3.83. The van der Waals surface area contributed by atoms with Gasteiger partial charge in [0.2, 0.25) is 5.91 Å². The average Bonchev–Trinajstić information content (AvgIpc) is 2.96.